The summed E-state index contributed by atoms with van der Waals surface area (Å²) in [6, 6.07) is 2.98. The average Bonchev–Trinajstić information content (AvgIpc) is 2.57. The summed E-state index contributed by atoms with van der Waals surface area (Å²) in [5, 5.41) is 0.239. The SMILES string of the molecule is CCOC(=O)CN(CCOC)C(=O)c1cc(Cl)c(OC)c(OC)c1. The van der Waals surface area contributed by atoms with Gasteiger partial charge >= 0.3 is 5.97 Å². The van der Waals surface area contributed by atoms with Crippen LogP contribution in [0.1, 0.15) is 17.3 Å². The molecule has 1 rings (SSSR count). The molecule has 0 unspecified atom stereocenters. The molecule has 1 aromatic rings. The average molecular weight is 360 g/mol. The highest BCUT2D eigenvalue weighted by atomic mass is 35.5. The predicted octanol–water partition coefficient (Wildman–Crippen LogP) is 2.01. The van der Waals surface area contributed by atoms with Crippen molar-refractivity contribution in [2.24, 2.45) is 0 Å². The Morgan fingerprint density at radius 2 is 1.88 bits per heavy atom. The van der Waals surface area contributed by atoms with E-state index in [4.69, 9.17) is 30.5 Å². The lowest BCUT2D eigenvalue weighted by molar-refractivity contribution is -0.143. The van der Waals surface area contributed by atoms with Gasteiger partial charge in [-0.1, -0.05) is 11.6 Å². The summed E-state index contributed by atoms with van der Waals surface area (Å²) in [4.78, 5) is 25.8. The first-order valence-corrected chi connectivity index (χ1v) is 7.71. The summed E-state index contributed by atoms with van der Waals surface area (Å²) in [6.45, 7) is 2.29. The van der Waals surface area contributed by atoms with Gasteiger partial charge in [0.25, 0.3) is 5.91 Å². The second kappa shape index (κ2) is 10.00. The van der Waals surface area contributed by atoms with Gasteiger partial charge in [-0.3, -0.25) is 9.59 Å². The monoisotopic (exact) mass is 359 g/mol. The van der Waals surface area contributed by atoms with Gasteiger partial charge in [0.15, 0.2) is 11.5 Å². The van der Waals surface area contributed by atoms with E-state index in [0.717, 1.165) is 0 Å². The minimum atomic E-state index is -0.492. The highest BCUT2D eigenvalue weighted by Gasteiger charge is 2.22. The Bertz CT molecular complexity index is 578. The van der Waals surface area contributed by atoms with Crippen LogP contribution in [0.3, 0.4) is 0 Å². The molecule has 0 saturated carbocycles. The van der Waals surface area contributed by atoms with Gasteiger partial charge in [0, 0.05) is 19.2 Å². The number of hydrogen-bond donors (Lipinski definition) is 0. The van der Waals surface area contributed by atoms with E-state index in [9.17, 15) is 9.59 Å². The molecule has 0 bridgehead atoms. The summed E-state index contributed by atoms with van der Waals surface area (Å²) in [5.41, 5.74) is 0.276. The summed E-state index contributed by atoms with van der Waals surface area (Å²) >= 11 is 6.13. The van der Waals surface area contributed by atoms with Crippen molar-refractivity contribution in [3.63, 3.8) is 0 Å². The number of esters is 1. The lowest BCUT2D eigenvalue weighted by Gasteiger charge is -2.22. The standard InChI is InChI=1S/C16H22ClNO6/c1-5-24-14(19)10-18(6-7-21-2)16(20)11-8-12(17)15(23-4)13(9-11)22-3/h8-9H,5-7,10H2,1-4H3. The Labute approximate surface area is 146 Å². The van der Waals surface area contributed by atoms with Crippen molar-refractivity contribution in [3.05, 3.63) is 22.7 Å². The molecule has 0 aliphatic heterocycles. The molecule has 0 aliphatic carbocycles. The molecule has 134 valence electrons. The summed E-state index contributed by atoms with van der Waals surface area (Å²) in [6.07, 6.45) is 0. The quantitative estimate of drug-likeness (QED) is 0.628. The van der Waals surface area contributed by atoms with Gasteiger partial charge in [0.1, 0.15) is 6.54 Å². The van der Waals surface area contributed by atoms with Crippen molar-refractivity contribution >= 4 is 23.5 Å². The molecule has 0 fully saturated rings. The predicted molar refractivity (Wildman–Crippen MR) is 89.0 cm³/mol. The van der Waals surface area contributed by atoms with Gasteiger partial charge in [0.2, 0.25) is 0 Å². The fourth-order valence-corrected chi connectivity index (χ4v) is 2.33. The first-order valence-electron chi connectivity index (χ1n) is 7.33. The molecule has 24 heavy (non-hydrogen) atoms. The molecule has 0 heterocycles. The Morgan fingerprint density at radius 1 is 1.17 bits per heavy atom. The molecule has 0 aromatic heterocycles. The van der Waals surface area contributed by atoms with Crippen molar-refractivity contribution < 1.29 is 28.5 Å². The molecular formula is C16H22ClNO6. The molecule has 8 heteroatoms. The van der Waals surface area contributed by atoms with Crippen molar-refractivity contribution in [3.8, 4) is 11.5 Å². The van der Waals surface area contributed by atoms with Gasteiger partial charge in [0.05, 0.1) is 32.5 Å². The van der Waals surface area contributed by atoms with Gasteiger partial charge in [-0.15, -0.1) is 0 Å². The Morgan fingerprint density at radius 3 is 2.42 bits per heavy atom. The van der Waals surface area contributed by atoms with Crippen molar-refractivity contribution in [1.29, 1.82) is 0 Å². The van der Waals surface area contributed by atoms with E-state index in [1.165, 1.54) is 38.4 Å². The number of benzene rings is 1. The normalized spacial score (nSPS) is 10.2. The zero-order chi connectivity index (χ0) is 18.1. The zero-order valence-corrected chi connectivity index (χ0v) is 15.0. The topological polar surface area (TPSA) is 74.3 Å². The number of amides is 1. The third-order valence-corrected chi connectivity index (χ3v) is 3.44. The van der Waals surface area contributed by atoms with Crippen LogP contribution in [0.5, 0.6) is 11.5 Å². The minimum absolute atomic E-state index is 0.179. The number of carbonyl (C=O) groups excluding carboxylic acids is 2. The van der Waals surface area contributed by atoms with Crippen molar-refractivity contribution in [2.75, 3.05) is 47.6 Å². The number of methoxy groups -OCH3 is 3. The Kier molecular flexibility index (Phi) is 8.35. The lowest BCUT2D eigenvalue weighted by atomic mass is 10.1. The number of halogens is 1. The van der Waals surface area contributed by atoms with E-state index in [-0.39, 0.29) is 42.8 Å². The number of carbonyl (C=O) groups is 2. The van der Waals surface area contributed by atoms with Crippen LogP contribution < -0.4 is 9.47 Å². The van der Waals surface area contributed by atoms with Crippen LogP contribution in [-0.2, 0) is 14.3 Å². The molecule has 0 atom stereocenters. The maximum atomic E-state index is 12.7. The third kappa shape index (κ3) is 5.28. The Hall–Kier alpha value is -1.99. The van der Waals surface area contributed by atoms with Gasteiger partial charge in [-0.2, -0.15) is 0 Å². The van der Waals surface area contributed by atoms with Gasteiger partial charge in [-0.05, 0) is 19.1 Å². The Balaban J connectivity index is 3.08. The summed E-state index contributed by atoms with van der Waals surface area (Å²) in [7, 11) is 4.42. The van der Waals surface area contributed by atoms with Crippen LogP contribution in [0.2, 0.25) is 5.02 Å². The van der Waals surface area contributed by atoms with Gasteiger partial charge in [-0.25, -0.2) is 0 Å². The van der Waals surface area contributed by atoms with E-state index >= 15 is 0 Å². The molecule has 0 saturated heterocycles. The molecule has 7 nitrogen and oxygen atoms in total. The molecule has 1 aromatic carbocycles. The van der Waals surface area contributed by atoms with Crippen LogP contribution in [0, 0.1) is 0 Å². The molecule has 1 amide bonds. The number of rotatable bonds is 9. The highest BCUT2D eigenvalue weighted by Crippen LogP contribution is 2.36. The smallest absolute Gasteiger partial charge is 0.325 e. The molecule has 0 aliphatic rings. The van der Waals surface area contributed by atoms with Crippen molar-refractivity contribution in [2.45, 2.75) is 6.92 Å². The zero-order valence-electron chi connectivity index (χ0n) is 14.3. The fraction of sp³-hybridized carbons (Fsp3) is 0.500. The van der Waals surface area contributed by atoms with Crippen LogP contribution in [0.15, 0.2) is 12.1 Å². The third-order valence-electron chi connectivity index (χ3n) is 3.16. The molecule has 0 N–H and O–H groups in total. The van der Waals surface area contributed by atoms with Crippen molar-refractivity contribution in [1.82, 2.24) is 4.90 Å². The van der Waals surface area contributed by atoms with Gasteiger partial charge < -0.3 is 23.8 Å². The van der Waals surface area contributed by atoms with E-state index in [2.05, 4.69) is 0 Å². The molecule has 0 spiro atoms. The van der Waals surface area contributed by atoms with E-state index in [1.54, 1.807) is 6.92 Å². The largest absolute Gasteiger partial charge is 0.493 e. The number of ether oxygens (including phenoxy) is 4. The second-order valence-corrected chi connectivity index (χ2v) is 5.13. The lowest BCUT2D eigenvalue weighted by Crippen LogP contribution is -2.38. The maximum absolute atomic E-state index is 12.7. The number of hydrogen-bond acceptors (Lipinski definition) is 6. The van der Waals surface area contributed by atoms with Crippen LogP contribution >= 0.6 is 11.6 Å². The summed E-state index contributed by atoms with van der Waals surface area (Å²) in [5.74, 6) is -0.211. The minimum Gasteiger partial charge on any atom is -0.493 e. The van der Waals surface area contributed by atoms with E-state index < -0.39 is 5.97 Å². The highest BCUT2D eigenvalue weighted by molar-refractivity contribution is 6.32. The maximum Gasteiger partial charge on any atom is 0.325 e. The number of nitrogens with zero attached hydrogens (tertiary/aromatic N) is 1. The van der Waals surface area contributed by atoms with E-state index in [0.29, 0.717) is 11.5 Å². The molecule has 0 radical (unpaired) electrons. The first kappa shape index (κ1) is 20.1. The van der Waals surface area contributed by atoms with Crippen LogP contribution in [0.25, 0.3) is 0 Å². The second-order valence-electron chi connectivity index (χ2n) is 4.72. The molecular weight excluding hydrogens is 338 g/mol. The van der Waals surface area contributed by atoms with E-state index in [1.807, 2.05) is 0 Å². The van der Waals surface area contributed by atoms with Crippen LogP contribution in [0.4, 0.5) is 0 Å². The fourth-order valence-electron chi connectivity index (χ4n) is 2.04. The van der Waals surface area contributed by atoms with Crippen LogP contribution in [-0.4, -0.2) is 64.4 Å². The summed E-state index contributed by atoms with van der Waals surface area (Å²) < 4.78 is 20.2. The first-order chi connectivity index (χ1) is 11.5.